The Labute approximate surface area is 104 Å². The molecule has 1 aliphatic rings. The first-order valence-electron chi connectivity index (χ1n) is 5.22. The van der Waals surface area contributed by atoms with E-state index in [0.29, 0.717) is 6.10 Å². The molecule has 3 atom stereocenters. The van der Waals surface area contributed by atoms with Gasteiger partial charge in [0.1, 0.15) is 0 Å². The highest BCUT2D eigenvalue weighted by atomic mass is 79.9. The van der Waals surface area contributed by atoms with Crippen molar-refractivity contribution in [3.05, 3.63) is 34.3 Å². The molecule has 1 heterocycles. The first-order valence-corrected chi connectivity index (χ1v) is 6.45. The molecule has 2 rings (SSSR count). The van der Waals surface area contributed by atoms with E-state index < -0.39 is 0 Å². The summed E-state index contributed by atoms with van der Waals surface area (Å²) >= 11 is 9.80. The Kier molecular flexibility index (Phi) is 3.70. The summed E-state index contributed by atoms with van der Waals surface area (Å²) in [7, 11) is 0. The van der Waals surface area contributed by atoms with Crippen LogP contribution in [0.5, 0.6) is 0 Å². The Morgan fingerprint density at radius 3 is 2.53 bits per heavy atom. The third-order valence-corrected chi connectivity index (χ3v) is 3.84. The van der Waals surface area contributed by atoms with Crippen LogP contribution < -0.4 is 0 Å². The molecule has 3 unspecified atom stereocenters. The maximum absolute atomic E-state index is 6.39. The molecule has 1 saturated heterocycles. The maximum Gasteiger partial charge on any atom is 0.0847 e. The fourth-order valence-corrected chi connectivity index (χ4v) is 2.51. The summed E-state index contributed by atoms with van der Waals surface area (Å²) in [6.45, 7) is 2.10. The molecule has 1 aromatic rings. The van der Waals surface area contributed by atoms with Crippen molar-refractivity contribution in [1.82, 2.24) is 0 Å². The lowest BCUT2D eigenvalue weighted by atomic mass is 10.1. The largest absolute Gasteiger partial charge is 0.373 e. The van der Waals surface area contributed by atoms with Gasteiger partial charge < -0.3 is 4.74 Å². The van der Waals surface area contributed by atoms with Gasteiger partial charge in [-0.25, -0.2) is 0 Å². The Bertz CT molecular complexity index is 325. The zero-order valence-corrected chi connectivity index (χ0v) is 11.0. The monoisotopic (exact) mass is 288 g/mol. The first kappa shape index (κ1) is 11.4. The Morgan fingerprint density at radius 2 is 2.00 bits per heavy atom. The van der Waals surface area contributed by atoms with Crippen LogP contribution in [-0.2, 0) is 4.74 Å². The lowest BCUT2D eigenvalue weighted by Crippen LogP contribution is -2.14. The third kappa shape index (κ3) is 2.74. The van der Waals surface area contributed by atoms with Crippen LogP contribution in [-0.4, -0.2) is 12.2 Å². The number of alkyl halides is 1. The number of halogens is 2. The number of ether oxygens (including phenoxy) is 1. The van der Waals surface area contributed by atoms with Crippen LogP contribution in [0.25, 0.3) is 0 Å². The van der Waals surface area contributed by atoms with Crippen molar-refractivity contribution < 1.29 is 4.74 Å². The second-order valence-electron chi connectivity index (χ2n) is 4.02. The maximum atomic E-state index is 6.39. The smallest absolute Gasteiger partial charge is 0.0847 e. The second-order valence-corrected chi connectivity index (χ2v) is 5.40. The molecule has 0 amide bonds. The van der Waals surface area contributed by atoms with E-state index in [0.717, 1.165) is 22.9 Å². The molecule has 0 spiro atoms. The van der Waals surface area contributed by atoms with Gasteiger partial charge in [0.05, 0.1) is 17.6 Å². The highest BCUT2D eigenvalue weighted by Crippen LogP contribution is 2.34. The minimum absolute atomic E-state index is 0.0250. The van der Waals surface area contributed by atoms with E-state index >= 15 is 0 Å². The highest BCUT2D eigenvalue weighted by Gasteiger charge is 2.29. The average Bonchev–Trinajstić information content (AvgIpc) is 2.65. The van der Waals surface area contributed by atoms with Gasteiger partial charge in [0.2, 0.25) is 0 Å². The van der Waals surface area contributed by atoms with Crippen molar-refractivity contribution in [2.75, 3.05) is 0 Å². The van der Waals surface area contributed by atoms with Gasteiger partial charge in [0, 0.05) is 4.47 Å². The predicted molar refractivity (Wildman–Crippen MR) is 66.3 cm³/mol. The zero-order valence-electron chi connectivity index (χ0n) is 8.62. The number of rotatable bonds is 2. The van der Waals surface area contributed by atoms with Crippen LogP contribution in [0.1, 0.15) is 30.7 Å². The zero-order chi connectivity index (χ0) is 10.8. The average molecular weight is 290 g/mol. The highest BCUT2D eigenvalue weighted by molar-refractivity contribution is 9.10. The van der Waals surface area contributed by atoms with E-state index in [4.69, 9.17) is 16.3 Å². The van der Waals surface area contributed by atoms with Gasteiger partial charge in [-0.3, -0.25) is 0 Å². The summed E-state index contributed by atoms with van der Waals surface area (Å²) in [5.74, 6) is 0. The Hall–Kier alpha value is -0.0500. The summed E-state index contributed by atoms with van der Waals surface area (Å²) in [5.41, 5.74) is 1.14. The van der Waals surface area contributed by atoms with Gasteiger partial charge in [-0.1, -0.05) is 28.1 Å². The summed E-state index contributed by atoms with van der Waals surface area (Å²) in [4.78, 5) is 0. The molecule has 0 saturated carbocycles. The molecule has 0 bridgehead atoms. The number of hydrogen-bond acceptors (Lipinski definition) is 1. The van der Waals surface area contributed by atoms with Crippen molar-refractivity contribution in [2.24, 2.45) is 0 Å². The lowest BCUT2D eigenvalue weighted by Gasteiger charge is -2.17. The summed E-state index contributed by atoms with van der Waals surface area (Å²) in [6.07, 6.45) is 2.70. The third-order valence-electron chi connectivity index (χ3n) is 2.78. The summed E-state index contributed by atoms with van der Waals surface area (Å²) in [6, 6.07) is 8.13. The summed E-state index contributed by atoms with van der Waals surface area (Å²) in [5, 5.41) is -0.0250. The molecule has 1 aliphatic heterocycles. The number of hydrogen-bond donors (Lipinski definition) is 0. The molecular weight excluding hydrogens is 275 g/mol. The molecule has 1 nitrogen and oxygen atoms in total. The van der Waals surface area contributed by atoms with Crippen molar-refractivity contribution >= 4 is 27.5 Å². The standard InChI is InChI=1S/C12H14BrClO/c1-8-2-7-11(15-8)12(14)9-3-5-10(13)6-4-9/h3-6,8,11-12H,2,7H2,1H3. The van der Waals surface area contributed by atoms with Crippen molar-refractivity contribution in [3.8, 4) is 0 Å². The van der Waals surface area contributed by atoms with Crippen LogP contribution in [0.3, 0.4) is 0 Å². The molecule has 0 N–H and O–H groups in total. The van der Waals surface area contributed by atoms with Crippen LogP contribution in [0.2, 0.25) is 0 Å². The van der Waals surface area contributed by atoms with E-state index in [1.807, 2.05) is 24.3 Å². The van der Waals surface area contributed by atoms with Gasteiger partial charge in [-0.05, 0) is 37.5 Å². The lowest BCUT2D eigenvalue weighted by molar-refractivity contribution is 0.0533. The molecule has 0 aromatic heterocycles. The van der Waals surface area contributed by atoms with Gasteiger partial charge in [-0.15, -0.1) is 11.6 Å². The van der Waals surface area contributed by atoms with Gasteiger partial charge in [-0.2, -0.15) is 0 Å². The fraction of sp³-hybridized carbons (Fsp3) is 0.500. The molecule has 1 fully saturated rings. The van der Waals surface area contributed by atoms with Crippen molar-refractivity contribution in [2.45, 2.75) is 37.4 Å². The fourth-order valence-electron chi connectivity index (χ4n) is 1.91. The van der Waals surface area contributed by atoms with E-state index in [1.54, 1.807) is 0 Å². The van der Waals surface area contributed by atoms with Crippen LogP contribution in [0.4, 0.5) is 0 Å². The van der Waals surface area contributed by atoms with Crippen LogP contribution >= 0.6 is 27.5 Å². The van der Waals surface area contributed by atoms with Gasteiger partial charge in [0.15, 0.2) is 0 Å². The summed E-state index contributed by atoms with van der Waals surface area (Å²) < 4.78 is 6.84. The van der Waals surface area contributed by atoms with E-state index in [-0.39, 0.29) is 11.5 Å². The molecule has 15 heavy (non-hydrogen) atoms. The predicted octanol–water partition coefficient (Wildman–Crippen LogP) is 4.30. The number of benzene rings is 1. The topological polar surface area (TPSA) is 9.23 Å². The van der Waals surface area contributed by atoms with Crippen LogP contribution in [0.15, 0.2) is 28.7 Å². The minimum Gasteiger partial charge on any atom is -0.373 e. The quantitative estimate of drug-likeness (QED) is 0.738. The second kappa shape index (κ2) is 4.86. The Morgan fingerprint density at radius 1 is 1.33 bits per heavy atom. The van der Waals surface area contributed by atoms with E-state index in [1.165, 1.54) is 0 Å². The van der Waals surface area contributed by atoms with Crippen molar-refractivity contribution in [3.63, 3.8) is 0 Å². The molecule has 3 heteroatoms. The minimum atomic E-state index is -0.0250. The molecule has 82 valence electrons. The molecule has 0 aliphatic carbocycles. The van der Waals surface area contributed by atoms with Gasteiger partial charge in [0.25, 0.3) is 0 Å². The molecule has 1 aromatic carbocycles. The van der Waals surface area contributed by atoms with Crippen molar-refractivity contribution in [1.29, 1.82) is 0 Å². The molecule has 0 radical (unpaired) electrons. The van der Waals surface area contributed by atoms with Crippen LogP contribution in [0, 0.1) is 0 Å². The van der Waals surface area contributed by atoms with Gasteiger partial charge >= 0.3 is 0 Å². The normalized spacial score (nSPS) is 27.9. The Balaban J connectivity index is 2.07. The molecular formula is C12H14BrClO. The SMILES string of the molecule is CC1CCC(C(Cl)c2ccc(Br)cc2)O1. The first-order chi connectivity index (χ1) is 7.16. The van der Waals surface area contributed by atoms with E-state index in [9.17, 15) is 0 Å². The van der Waals surface area contributed by atoms with E-state index in [2.05, 4.69) is 22.9 Å².